The summed E-state index contributed by atoms with van der Waals surface area (Å²) in [5, 5.41) is 5.58. The molecule has 1 aliphatic rings. The molecule has 2 aromatic carbocycles. The van der Waals surface area contributed by atoms with Crippen molar-refractivity contribution in [2.45, 2.75) is 17.7 Å². The fraction of sp³-hybridized carbons (Fsp3) is 0.176. The quantitative estimate of drug-likeness (QED) is 0.903. The summed E-state index contributed by atoms with van der Waals surface area (Å²) in [4.78, 5) is 24.4. The van der Waals surface area contributed by atoms with Crippen molar-refractivity contribution in [2.24, 2.45) is 0 Å². The minimum absolute atomic E-state index is 0.0444. The molecule has 2 aromatic rings. The van der Waals surface area contributed by atoms with Gasteiger partial charge >= 0.3 is 0 Å². The molecule has 0 fully saturated rings. The second kappa shape index (κ2) is 6.83. The molecule has 0 radical (unpaired) electrons. The number of amides is 2. The smallest absolute Gasteiger partial charge is 0.234 e. The van der Waals surface area contributed by atoms with Gasteiger partial charge in [0.25, 0.3) is 0 Å². The molecule has 0 bridgehead atoms. The van der Waals surface area contributed by atoms with Gasteiger partial charge in [-0.25, -0.2) is 4.39 Å². The lowest BCUT2D eigenvalue weighted by Gasteiger charge is -2.17. The summed E-state index contributed by atoms with van der Waals surface area (Å²) in [6, 6.07) is 11.7. The maximum absolute atomic E-state index is 13.1. The van der Waals surface area contributed by atoms with Gasteiger partial charge in [0.05, 0.1) is 11.4 Å². The Hall–Kier alpha value is -2.34. The fourth-order valence-corrected chi connectivity index (χ4v) is 3.12. The number of rotatable bonds is 4. The average Bonchev–Trinajstić information content (AvgIpc) is 2.53. The first-order valence-electron chi connectivity index (χ1n) is 7.21. The number of nitrogens with one attached hydrogen (secondary N) is 2. The summed E-state index contributed by atoms with van der Waals surface area (Å²) >= 11 is 1.47. The molecule has 0 saturated carbocycles. The van der Waals surface area contributed by atoms with Crippen molar-refractivity contribution in [1.29, 1.82) is 0 Å². The molecule has 1 heterocycles. The van der Waals surface area contributed by atoms with Gasteiger partial charge in [0.15, 0.2) is 0 Å². The predicted octanol–water partition coefficient (Wildman–Crippen LogP) is 3.44. The largest absolute Gasteiger partial charge is 0.326 e. The molecule has 0 atom stereocenters. The molecule has 23 heavy (non-hydrogen) atoms. The van der Waals surface area contributed by atoms with E-state index in [0.717, 1.165) is 10.5 Å². The van der Waals surface area contributed by atoms with E-state index in [-0.39, 0.29) is 24.1 Å². The first kappa shape index (κ1) is 15.6. The Kier molecular flexibility index (Phi) is 4.62. The van der Waals surface area contributed by atoms with E-state index in [4.69, 9.17) is 0 Å². The van der Waals surface area contributed by atoms with Crippen molar-refractivity contribution in [3.63, 3.8) is 0 Å². The van der Waals surface area contributed by atoms with Crippen molar-refractivity contribution in [3.05, 3.63) is 53.8 Å². The zero-order valence-corrected chi connectivity index (χ0v) is 13.1. The number of halogens is 1. The molecular weight excluding hydrogens is 315 g/mol. The number of benzene rings is 2. The Morgan fingerprint density at radius 1 is 1.26 bits per heavy atom. The predicted molar refractivity (Wildman–Crippen MR) is 89.1 cm³/mol. The first-order chi connectivity index (χ1) is 11.1. The van der Waals surface area contributed by atoms with Crippen LogP contribution in [0.3, 0.4) is 0 Å². The average molecular weight is 330 g/mol. The van der Waals surface area contributed by atoms with Gasteiger partial charge in [0, 0.05) is 17.0 Å². The van der Waals surface area contributed by atoms with Gasteiger partial charge in [-0.15, -0.1) is 11.8 Å². The zero-order chi connectivity index (χ0) is 16.2. The highest BCUT2D eigenvalue weighted by Gasteiger charge is 2.15. The van der Waals surface area contributed by atoms with Crippen LogP contribution in [0.4, 0.5) is 15.8 Å². The molecule has 2 amide bonds. The van der Waals surface area contributed by atoms with Crippen LogP contribution < -0.4 is 10.6 Å². The van der Waals surface area contributed by atoms with Crippen molar-refractivity contribution in [3.8, 4) is 0 Å². The third-order valence-electron chi connectivity index (χ3n) is 3.43. The van der Waals surface area contributed by atoms with Crippen molar-refractivity contribution in [1.82, 2.24) is 0 Å². The molecule has 1 aliphatic heterocycles. The van der Waals surface area contributed by atoms with Crippen LogP contribution in [0, 0.1) is 5.82 Å². The molecule has 118 valence electrons. The summed E-state index contributed by atoms with van der Waals surface area (Å²) in [6.07, 6.45) is 0.739. The van der Waals surface area contributed by atoms with E-state index in [1.54, 1.807) is 18.2 Å². The molecule has 0 spiro atoms. The molecule has 6 heteroatoms. The maximum atomic E-state index is 13.1. The number of fused-ring (bicyclic) bond motifs is 1. The van der Waals surface area contributed by atoms with E-state index < -0.39 is 0 Å². The molecule has 0 aliphatic carbocycles. The van der Waals surface area contributed by atoms with Gasteiger partial charge < -0.3 is 10.6 Å². The van der Waals surface area contributed by atoms with Gasteiger partial charge in [-0.1, -0.05) is 12.1 Å². The minimum atomic E-state index is -0.300. The third-order valence-corrected chi connectivity index (χ3v) is 4.50. The molecule has 0 saturated heterocycles. The van der Waals surface area contributed by atoms with E-state index in [9.17, 15) is 14.0 Å². The number of anilines is 2. The lowest BCUT2D eigenvalue weighted by atomic mass is 10.1. The van der Waals surface area contributed by atoms with E-state index in [1.807, 2.05) is 12.1 Å². The summed E-state index contributed by atoms with van der Waals surface area (Å²) < 4.78 is 13.1. The number of thioether (sulfide) groups is 1. The Morgan fingerprint density at radius 2 is 2.13 bits per heavy atom. The van der Waals surface area contributed by atoms with Crippen LogP contribution in [-0.2, 0) is 16.0 Å². The van der Waals surface area contributed by atoms with Gasteiger partial charge in [0.1, 0.15) is 5.82 Å². The molecule has 2 N–H and O–H groups in total. The SMILES string of the molecule is O=C(CCc1cccc(F)c1)Nc1ccc2c(c1)NC(=O)CS2. The Morgan fingerprint density at radius 3 is 2.96 bits per heavy atom. The zero-order valence-electron chi connectivity index (χ0n) is 12.3. The minimum Gasteiger partial charge on any atom is -0.326 e. The van der Waals surface area contributed by atoms with Crippen LogP contribution in [0.2, 0.25) is 0 Å². The third kappa shape index (κ3) is 4.10. The summed E-state index contributed by atoms with van der Waals surface area (Å²) in [7, 11) is 0. The summed E-state index contributed by atoms with van der Waals surface area (Å²) in [6.45, 7) is 0. The Labute approximate surface area is 137 Å². The normalized spacial score (nSPS) is 13.2. The number of aryl methyl sites for hydroxylation is 1. The van der Waals surface area contributed by atoms with Crippen LogP contribution in [0.1, 0.15) is 12.0 Å². The molecular formula is C17H15FN2O2S. The lowest BCUT2D eigenvalue weighted by Crippen LogP contribution is -2.19. The van der Waals surface area contributed by atoms with Crippen molar-refractivity contribution in [2.75, 3.05) is 16.4 Å². The molecule has 0 aromatic heterocycles. The summed E-state index contributed by atoms with van der Waals surface area (Å²) in [5.74, 6) is -0.0845. The highest BCUT2D eigenvalue weighted by atomic mass is 32.2. The summed E-state index contributed by atoms with van der Waals surface area (Å²) in [5.41, 5.74) is 2.14. The second-order valence-electron chi connectivity index (χ2n) is 5.23. The van der Waals surface area contributed by atoms with E-state index in [0.29, 0.717) is 23.5 Å². The van der Waals surface area contributed by atoms with Crippen LogP contribution in [0.15, 0.2) is 47.4 Å². The number of carbonyl (C=O) groups excluding carboxylic acids is 2. The topological polar surface area (TPSA) is 58.2 Å². The number of hydrogen-bond donors (Lipinski definition) is 2. The van der Waals surface area contributed by atoms with Crippen molar-refractivity contribution >= 4 is 35.0 Å². The number of carbonyl (C=O) groups is 2. The van der Waals surface area contributed by atoms with Crippen LogP contribution in [0.5, 0.6) is 0 Å². The monoisotopic (exact) mass is 330 g/mol. The number of hydrogen-bond acceptors (Lipinski definition) is 3. The van der Waals surface area contributed by atoms with E-state index >= 15 is 0 Å². The highest BCUT2D eigenvalue weighted by molar-refractivity contribution is 8.00. The van der Waals surface area contributed by atoms with Crippen molar-refractivity contribution < 1.29 is 14.0 Å². The molecule has 4 nitrogen and oxygen atoms in total. The standard InChI is InChI=1S/C17H15FN2O2S/c18-12-3-1-2-11(8-12)4-7-16(21)19-13-5-6-15-14(9-13)20-17(22)10-23-15/h1-3,5-6,8-9H,4,7,10H2,(H,19,21)(H,20,22). The van der Waals surface area contributed by atoms with Crippen LogP contribution in [0.25, 0.3) is 0 Å². The fourth-order valence-electron chi connectivity index (χ4n) is 2.33. The van der Waals surface area contributed by atoms with E-state index in [2.05, 4.69) is 10.6 Å². The highest BCUT2D eigenvalue weighted by Crippen LogP contribution is 2.33. The molecule has 3 rings (SSSR count). The van der Waals surface area contributed by atoms with Gasteiger partial charge in [0.2, 0.25) is 11.8 Å². The Bertz CT molecular complexity index is 764. The van der Waals surface area contributed by atoms with E-state index in [1.165, 1.54) is 23.9 Å². The van der Waals surface area contributed by atoms with Gasteiger partial charge in [-0.05, 0) is 42.3 Å². The van der Waals surface area contributed by atoms with Crippen LogP contribution in [-0.4, -0.2) is 17.6 Å². The van der Waals surface area contributed by atoms with Gasteiger partial charge in [-0.2, -0.15) is 0 Å². The Balaban J connectivity index is 1.59. The first-order valence-corrected chi connectivity index (χ1v) is 8.20. The lowest BCUT2D eigenvalue weighted by molar-refractivity contribution is -0.116. The second-order valence-corrected chi connectivity index (χ2v) is 6.24. The maximum Gasteiger partial charge on any atom is 0.234 e. The molecule has 0 unspecified atom stereocenters. The van der Waals surface area contributed by atoms with Gasteiger partial charge in [-0.3, -0.25) is 9.59 Å². The van der Waals surface area contributed by atoms with Crippen LogP contribution >= 0.6 is 11.8 Å².